The molecule has 10 heteroatoms. The molecule has 2 aliphatic heterocycles. The Morgan fingerprint density at radius 1 is 1.18 bits per heavy atom. The van der Waals surface area contributed by atoms with E-state index < -0.39 is 5.82 Å². The summed E-state index contributed by atoms with van der Waals surface area (Å²) < 4.78 is 25.6. The Morgan fingerprint density at radius 3 is 2.91 bits per heavy atom. The number of pyridine rings is 1. The second-order valence-electron chi connectivity index (χ2n) is 9.16. The first-order valence-corrected chi connectivity index (χ1v) is 11.3. The summed E-state index contributed by atoms with van der Waals surface area (Å²) in [5, 5.41) is 11.3. The van der Waals surface area contributed by atoms with E-state index in [0.29, 0.717) is 12.1 Å². The van der Waals surface area contributed by atoms with Crippen molar-refractivity contribution in [3.8, 4) is 17.4 Å². The molecule has 1 aliphatic carbocycles. The minimum atomic E-state index is -0.512. The highest BCUT2D eigenvalue weighted by molar-refractivity contribution is 5.79. The van der Waals surface area contributed by atoms with Crippen molar-refractivity contribution in [3.63, 3.8) is 0 Å². The number of benzene rings is 1. The van der Waals surface area contributed by atoms with Crippen molar-refractivity contribution in [1.82, 2.24) is 25.5 Å². The van der Waals surface area contributed by atoms with Gasteiger partial charge in [-0.1, -0.05) is 0 Å². The van der Waals surface area contributed by atoms with Gasteiger partial charge in [0.15, 0.2) is 12.1 Å². The average molecular weight is 462 g/mol. The van der Waals surface area contributed by atoms with Crippen LogP contribution >= 0.6 is 0 Å². The third-order valence-electron chi connectivity index (χ3n) is 6.79. The average Bonchev–Trinajstić information content (AvgIpc) is 2.81. The second-order valence-corrected chi connectivity index (χ2v) is 9.16. The van der Waals surface area contributed by atoms with E-state index >= 15 is 0 Å². The van der Waals surface area contributed by atoms with E-state index in [0.717, 1.165) is 63.0 Å². The zero-order valence-electron chi connectivity index (χ0n) is 18.4. The van der Waals surface area contributed by atoms with Gasteiger partial charge in [-0.3, -0.25) is 9.78 Å². The van der Waals surface area contributed by atoms with E-state index in [9.17, 15) is 9.18 Å². The number of aromatic nitrogens is 4. The second kappa shape index (κ2) is 8.28. The zero-order valence-corrected chi connectivity index (χ0v) is 18.4. The molecule has 0 amide bonds. The van der Waals surface area contributed by atoms with Gasteiger partial charge in [0.1, 0.15) is 29.7 Å². The van der Waals surface area contributed by atoms with Crippen molar-refractivity contribution in [2.45, 2.75) is 31.9 Å². The summed E-state index contributed by atoms with van der Waals surface area (Å²) in [5.41, 5.74) is 2.59. The van der Waals surface area contributed by atoms with Gasteiger partial charge in [-0.15, -0.1) is 10.2 Å². The predicted molar refractivity (Wildman–Crippen MR) is 120 cm³/mol. The molecule has 0 bridgehead atoms. The first-order valence-electron chi connectivity index (χ1n) is 11.3. The Balaban J connectivity index is 1.10. The molecule has 4 heterocycles. The summed E-state index contributed by atoms with van der Waals surface area (Å²) in [7, 11) is 0. The van der Waals surface area contributed by atoms with Crippen LogP contribution in [0.25, 0.3) is 0 Å². The Bertz CT molecular complexity index is 1240. The smallest absolute Gasteiger partial charge is 0.282 e. The monoisotopic (exact) mass is 462 g/mol. The number of anilines is 1. The molecule has 3 aliphatic rings. The molecule has 34 heavy (non-hydrogen) atoms. The topological polar surface area (TPSA) is 102 Å². The standard InChI is InChI=1S/C24H23FN6O3/c25-16-1-2-20(15(7-16)11-32)34-23-22(28-14-29-30-23)31-12-24(13-31)8-17(9-24)33-21-4-6-27-19-3-5-26-10-18(19)21/h1-2,4,6-7,11,14,17,26H,3,5,8-10,12-13H2. The molecule has 6 rings (SSSR count). The van der Waals surface area contributed by atoms with E-state index in [2.05, 4.69) is 30.4 Å². The molecule has 1 saturated heterocycles. The first kappa shape index (κ1) is 20.9. The molecule has 1 aromatic carbocycles. The molecule has 0 atom stereocenters. The molecule has 0 radical (unpaired) electrons. The number of nitrogens with zero attached hydrogens (tertiary/aromatic N) is 5. The molecule has 3 aromatic rings. The van der Waals surface area contributed by atoms with E-state index in [1.807, 2.05) is 12.3 Å². The highest BCUT2D eigenvalue weighted by Gasteiger charge is 2.54. The fourth-order valence-electron chi connectivity index (χ4n) is 5.14. The maximum Gasteiger partial charge on any atom is 0.282 e. The summed E-state index contributed by atoms with van der Waals surface area (Å²) >= 11 is 0. The maximum atomic E-state index is 13.4. The van der Waals surface area contributed by atoms with E-state index in [-0.39, 0.29) is 28.7 Å². The summed E-state index contributed by atoms with van der Waals surface area (Å²) in [6.07, 6.45) is 6.80. The Morgan fingerprint density at radius 2 is 2.06 bits per heavy atom. The highest BCUT2D eigenvalue weighted by atomic mass is 19.1. The van der Waals surface area contributed by atoms with Gasteiger partial charge >= 0.3 is 0 Å². The zero-order chi connectivity index (χ0) is 23.1. The molecule has 1 spiro atoms. The van der Waals surface area contributed by atoms with Crippen LogP contribution in [0.4, 0.5) is 10.2 Å². The molecule has 2 aromatic heterocycles. The van der Waals surface area contributed by atoms with Crippen molar-refractivity contribution < 1.29 is 18.7 Å². The Kier molecular flexibility index (Phi) is 5.09. The summed E-state index contributed by atoms with van der Waals surface area (Å²) in [4.78, 5) is 22.2. The molecule has 1 saturated carbocycles. The van der Waals surface area contributed by atoms with Gasteiger partial charge in [0.05, 0.1) is 5.56 Å². The number of nitrogens with one attached hydrogen (secondary N) is 1. The third-order valence-corrected chi connectivity index (χ3v) is 6.79. The first-order chi connectivity index (χ1) is 16.6. The van der Waals surface area contributed by atoms with Crippen molar-refractivity contribution in [2.24, 2.45) is 5.41 Å². The lowest BCUT2D eigenvalue weighted by Crippen LogP contribution is -2.65. The van der Waals surface area contributed by atoms with E-state index in [1.165, 1.54) is 24.0 Å². The largest absolute Gasteiger partial charge is 0.490 e. The number of ether oxygens (including phenoxy) is 2. The number of carbonyl (C=O) groups excluding carboxylic acids is 1. The highest BCUT2D eigenvalue weighted by Crippen LogP contribution is 2.51. The molecule has 0 unspecified atom stereocenters. The Hall–Kier alpha value is -3.66. The number of fused-ring (bicyclic) bond motifs is 1. The van der Waals surface area contributed by atoms with Crippen LogP contribution < -0.4 is 19.7 Å². The van der Waals surface area contributed by atoms with Crippen molar-refractivity contribution in [2.75, 3.05) is 24.5 Å². The molecule has 2 fully saturated rings. The Labute approximate surface area is 195 Å². The van der Waals surface area contributed by atoms with E-state index in [1.54, 1.807) is 0 Å². The van der Waals surface area contributed by atoms with Gasteiger partial charge < -0.3 is 19.7 Å². The van der Waals surface area contributed by atoms with Crippen LogP contribution in [0.1, 0.15) is 34.5 Å². The van der Waals surface area contributed by atoms with Crippen LogP contribution in [0, 0.1) is 11.2 Å². The number of hydrogen-bond acceptors (Lipinski definition) is 9. The van der Waals surface area contributed by atoms with Gasteiger partial charge in [0.25, 0.3) is 5.88 Å². The van der Waals surface area contributed by atoms with Gasteiger partial charge in [-0.25, -0.2) is 9.37 Å². The molecular formula is C24H23FN6O3. The van der Waals surface area contributed by atoms with Crippen LogP contribution in [-0.4, -0.2) is 52.2 Å². The van der Waals surface area contributed by atoms with Crippen LogP contribution in [0.3, 0.4) is 0 Å². The van der Waals surface area contributed by atoms with Gasteiger partial charge in [0, 0.05) is 55.5 Å². The van der Waals surface area contributed by atoms with Crippen LogP contribution in [0.2, 0.25) is 0 Å². The lowest BCUT2D eigenvalue weighted by atomic mass is 9.61. The normalized spacial score (nSPS) is 18.6. The van der Waals surface area contributed by atoms with Crippen molar-refractivity contribution >= 4 is 12.1 Å². The maximum absolute atomic E-state index is 13.4. The minimum absolute atomic E-state index is 0.101. The summed E-state index contributed by atoms with van der Waals surface area (Å²) in [6.45, 7) is 3.37. The lowest BCUT2D eigenvalue weighted by Gasteiger charge is -2.58. The number of halogens is 1. The predicted octanol–water partition coefficient (Wildman–Crippen LogP) is 2.70. The van der Waals surface area contributed by atoms with Crippen LogP contribution in [0.5, 0.6) is 17.4 Å². The molecule has 9 nitrogen and oxygen atoms in total. The van der Waals surface area contributed by atoms with Crippen molar-refractivity contribution in [3.05, 3.63) is 59.4 Å². The number of hydrogen-bond donors (Lipinski definition) is 1. The number of aldehydes is 1. The third kappa shape index (κ3) is 3.73. The fourth-order valence-corrected chi connectivity index (χ4v) is 5.14. The van der Waals surface area contributed by atoms with Gasteiger partial charge in [-0.05, 0) is 37.1 Å². The fraction of sp³-hybridized carbons (Fsp3) is 0.375. The molecule has 174 valence electrons. The van der Waals surface area contributed by atoms with Crippen molar-refractivity contribution in [1.29, 1.82) is 0 Å². The number of carbonyl (C=O) groups is 1. The number of rotatable bonds is 6. The van der Waals surface area contributed by atoms with Crippen LogP contribution in [0.15, 0.2) is 36.8 Å². The lowest BCUT2D eigenvalue weighted by molar-refractivity contribution is -0.0350. The molecular weight excluding hydrogens is 439 g/mol. The van der Waals surface area contributed by atoms with E-state index in [4.69, 9.17) is 9.47 Å². The summed E-state index contributed by atoms with van der Waals surface area (Å²) in [5.74, 6) is 1.38. The van der Waals surface area contributed by atoms with Crippen LogP contribution in [-0.2, 0) is 13.0 Å². The van der Waals surface area contributed by atoms with Gasteiger partial charge in [0.2, 0.25) is 0 Å². The summed E-state index contributed by atoms with van der Waals surface area (Å²) in [6, 6.07) is 5.71. The minimum Gasteiger partial charge on any atom is -0.490 e. The SMILES string of the molecule is O=Cc1cc(F)ccc1Oc1nncnc1N1CC2(CC(Oc3ccnc4c3CNCC4)C2)C1. The van der Waals surface area contributed by atoms with Gasteiger partial charge in [-0.2, -0.15) is 0 Å². The molecule has 1 N–H and O–H groups in total. The quantitative estimate of drug-likeness (QED) is 0.554.